The minimum atomic E-state index is 0.683. The number of halogens is 1. The van der Waals surface area contributed by atoms with E-state index in [9.17, 15) is 0 Å². The fourth-order valence-corrected chi connectivity index (χ4v) is 1.22. The quantitative estimate of drug-likeness (QED) is 0.886. The van der Waals surface area contributed by atoms with E-state index >= 15 is 0 Å². The maximum absolute atomic E-state index is 4.15. The van der Waals surface area contributed by atoms with Crippen LogP contribution in [0.2, 0.25) is 0 Å². The first-order valence-corrected chi connectivity index (χ1v) is 4.78. The van der Waals surface area contributed by atoms with Crippen LogP contribution in [-0.4, -0.2) is 20.0 Å². The zero-order chi connectivity index (χ0) is 9.97. The van der Waals surface area contributed by atoms with Crippen molar-refractivity contribution in [3.63, 3.8) is 0 Å². The highest BCUT2D eigenvalue weighted by molar-refractivity contribution is 9.10. The lowest BCUT2D eigenvalue weighted by Gasteiger charge is -1.99. The van der Waals surface area contributed by atoms with Crippen molar-refractivity contribution < 1.29 is 0 Å². The average Bonchev–Trinajstić information content (AvgIpc) is 2.56. The molecule has 0 amide bonds. The first-order chi connectivity index (χ1) is 6.74. The Labute approximate surface area is 89.3 Å². The normalized spacial score (nSPS) is 10.1. The molecule has 0 bridgehead atoms. The Morgan fingerprint density at radius 3 is 2.71 bits per heavy atom. The van der Waals surface area contributed by atoms with E-state index in [-0.39, 0.29) is 0 Å². The van der Waals surface area contributed by atoms with Crippen LogP contribution in [0, 0.1) is 0 Å². The van der Waals surface area contributed by atoms with Crippen molar-refractivity contribution in [2.45, 2.75) is 0 Å². The summed E-state index contributed by atoms with van der Waals surface area (Å²) in [6.07, 6.45) is 3.36. The van der Waals surface area contributed by atoms with E-state index in [1.54, 1.807) is 19.4 Å². The molecule has 0 radical (unpaired) electrons. The monoisotopic (exact) mass is 253 g/mol. The molecule has 6 heteroatoms. The summed E-state index contributed by atoms with van der Waals surface area (Å²) in [5.74, 6) is 1.43. The summed E-state index contributed by atoms with van der Waals surface area (Å²) >= 11 is 3.31. The van der Waals surface area contributed by atoms with Crippen molar-refractivity contribution in [2.75, 3.05) is 5.32 Å². The Bertz CT molecular complexity index is 422. The predicted octanol–water partition coefficient (Wildman–Crippen LogP) is 1.72. The second-order valence-electron chi connectivity index (χ2n) is 2.71. The lowest BCUT2D eigenvalue weighted by Crippen LogP contribution is -1.96. The number of aryl methyl sites for hydroxylation is 1. The molecule has 2 aromatic rings. The number of anilines is 2. The Morgan fingerprint density at radius 2 is 2.14 bits per heavy atom. The van der Waals surface area contributed by atoms with Gasteiger partial charge in [0.05, 0.1) is 6.20 Å². The first kappa shape index (κ1) is 9.14. The first-order valence-electron chi connectivity index (χ1n) is 3.99. The molecule has 0 aliphatic carbocycles. The summed E-state index contributed by atoms with van der Waals surface area (Å²) in [6.45, 7) is 0. The van der Waals surface area contributed by atoms with E-state index in [0.717, 1.165) is 10.3 Å². The Morgan fingerprint density at radius 1 is 1.29 bits per heavy atom. The smallest absolute Gasteiger partial charge is 0.174 e. The third kappa shape index (κ3) is 2.08. The van der Waals surface area contributed by atoms with Crippen molar-refractivity contribution >= 4 is 27.6 Å². The summed E-state index contributed by atoms with van der Waals surface area (Å²) in [5, 5.41) is 11.0. The van der Waals surface area contributed by atoms with Gasteiger partial charge in [-0.3, -0.25) is 0 Å². The number of rotatable bonds is 2. The van der Waals surface area contributed by atoms with Crippen LogP contribution in [0.4, 0.5) is 11.6 Å². The van der Waals surface area contributed by atoms with Crippen LogP contribution in [0.25, 0.3) is 0 Å². The Balaban J connectivity index is 2.15. The third-order valence-electron chi connectivity index (χ3n) is 1.58. The number of pyridine rings is 1. The number of nitrogens with zero attached hydrogens (tertiary/aromatic N) is 4. The molecule has 14 heavy (non-hydrogen) atoms. The topological polar surface area (TPSA) is 55.6 Å². The summed E-state index contributed by atoms with van der Waals surface area (Å²) in [6, 6.07) is 3.77. The molecular weight excluding hydrogens is 246 g/mol. The molecule has 2 aromatic heterocycles. The van der Waals surface area contributed by atoms with Gasteiger partial charge in [-0.1, -0.05) is 0 Å². The maximum atomic E-state index is 4.15. The Hall–Kier alpha value is -1.43. The van der Waals surface area contributed by atoms with Crippen molar-refractivity contribution in [3.8, 4) is 0 Å². The summed E-state index contributed by atoms with van der Waals surface area (Å²) in [4.78, 5) is 5.64. The lowest BCUT2D eigenvalue weighted by molar-refractivity contribution is 0.656. The van der Waals surface area contributed by atoms with E-state index < -0.39 is 0 Å². The van der Waals surface area contributed by atoms with Crippen molar-refractivity contribution in [1.29, 1.82) is 0 Å². The molecule has 5 nitrogen and oxygen atoms in total. The van der Waals surface area contributed by atoms with Crippen molar-refractivity contribution in [2.24, 2.45) is 7.05 Å². The molecule has 0 aromatic carbocycles. The van der Waals surface area contributed by atoms with Gasteiger partial charge in [0.1, 0.15) is 5.82 Å². The summed E-state index contributed by atoms with van der Waals surface area (Å²) in [7, 11) is 1.76. The van der Waals surface area contributed by atoms with Gasteiger partial charge in [0, 0.05) is 17.7 Å². The highest BCUT2D eigenvalue weighted by Crippen LogP contribution is 2.13. The van der Waals surface area contributed by atoms with Crippen LogP contribution in [0.3, 0.4) is 0 Å². The van der Waals surface area contributed by atoms with Gasteiger partial charge < -0.3 is 5.32 Å². The molecule has 0 saturated carbocycles. The summed E-state index contributed by atoms with van der Waals surface area (Å²) in [5.41, 5.74) is 0. The van der Waals surface area contributed by atoms with Crippen molar-refractivity contribution in [1.82, 2.24) is 20.0 Å². The number of nitrogens with one attached hydrogen (secondary N) is 1. The zero-order valence-electron chi connectivity index (χ0n) is 7.48. The second-order valence-corrected chi connectivity index (χ2v) is 3.62. The molecule has 0 spiro atoms. The van der Waals surface area contributed by atoms with Gasteiger partial charge in [-0.2, -0.15) is 9.90 Å². The number of hydrogen-bond donors (Lipinski definition) is 1. The minimum absolute atomic E-state index is 0.683. The van der Waals surface area contributed by atoms with Crippen LogP contribution in [-0.2, 0) is 7.05 Å². The van der Waals surface area contributed by atoms with Gasteiger partial charge in [0.15, 0.2) is 5.82 Å². The molecular formula is C8H8BrN5. The van der Waals surface area contributed by atoms with Crippen LogP contribution >= 0.6 is 15.9 Å². The molecule has 2 rings (SSSR count). The van der Waals surface area contributed by atoms with Crippen LogP contribution in [0.5, 0.6) is 0 Å². The predicted molar refractivity (Wildman–Crippen MR) is 56.2 cm³/mol. The second kappa shape index (κ2) is 3.75. The fraction of sp³-hybridized carbons (Fsp3) is 0.125. The Kier molecular flexibility index (Phi) is 2.45. The molecule has 72 valence electrons. The highest BCUT2D eigenvalue weighted by Gasteiger charge is 1.98. The minimum Gasteiger partial charge on any atom is -0.322 e. The van der Waals surface area contributed by atoms with E-state index in [0.29, 0.717) is 5.82 Å². The standard InChI is InChI=1S/C8H8BrN5/c1-14-11-5-8(13-14)12-7-3-2-6(9)4-10-7/h2-5H,1H3,(H,10,12,13). The molecule has 2 heterocycles. The van der Waals surface area contributed by atoms with Gasteiger partial charge in [0.2, 0.25) is 0 Å². The van der Waals surface area contributed by atoms with E-state index in [1.807, 2.05) is 12.1 Å². The van der Waals surface area contributed by atoms with E-state index in [4.69, 9.17) is 0 Å². The zero-order valence-corrected chi connectivity index (χ0v) is 9.06. The van der Waals surface area contributed by atoms with E-state index in [1.165, 1.54) is 4.80 Å². The van der Waals surface area contributed by atoms with Gasteiger partial charge >= 0.3 is 0 Å². The molecule has 1 N–H and O–H groups in total. The molecule has 0 fully saturated rings. The van der Waals surface area contributed by atoms with Crippen molar-refractivity contribution in [3.05, 3.63) is 29.0 Å². The van der Waals surface area contributed by atoms with Gasteiger partial charge in [0.25, 0.3) is 0 Å². The van der Waals surface area contributed by atoms with Gasteiger partial charge in [-0.25, -0.2) is 4.98 Å². The van der Waals surface area contributed by atoms with Crippen LogP contribution in [0.1, 0.15) is 0 Å². The maximum Gasteiger partial charge on any atom is 0.174 e. The molecule has 0 aliphatic rings. The number of hydrogen-bond acceptors (Lipinski definition) is 4. The third-order valence-corrected chi connectivity index (χ3v) is 2.05. The SMILES string of the molecule is Cn1ncc(Nc2ccc(Br)cn2)n1. The number of aromatic nitrogens is 4. The molecule has 0 aliphatic heterocycles. The lowest BCUT2D eigenvalue weighted by atomic mass is 10.4. The molecule has 0 atom stereocenters. The molecule has 0 saturated heterocycles. The summed E-state index contributed by atoms with van der Waals surface area (Å²) < 4.78 is 0.946. The highest BCUT2D eigenvalue weighted by atomic mass is 79.9. The average molecular weight is 254 g/mol. The van der Waals surface area contributed by atoms with Crippen LogP contribution in [0.15, 0.2) is 29.0 Å². The van der Waals surface area contributed by atoms with E-state index in [2.05, 4.69) is 36.4 Å². The fourth-order valence-electron chi connectivity index (χ4n) is 0.984. The van der Waals surface area contributed by atoms with Crippen LogP contribution < -0.4 is 5.32 Å². The molecule has 0 unspecified atom stereocenters. The largest absolute Gasteiger partial charge is 0.322 e. The van der Waals surface area contributed by atoms with Gasteiger partial charge in [-0.05, 0) is 28.1 Å². The van der Waals surface area contributed by atoms with Gasteiger partial charge in [-0.15, -0.1) is 5.10 Å².